The molecule has 0 aromatic carbocycles. The molecule has 0 rings (SSSR count). The van der Waals surface area contributed by atoms with Crippen molar-refractivity contribution < 1.29 is 24.2 Å². The molecule has 0 saturated carbocycles. The first-order valence-electron chi connectivity index (χ1n) is 35.3. The van der Waals surface area contributed by atoms with Crippen molar-refractivity contribution in [3.8, 4) is 0 Å². The number of allylic oxidation sites excluding steroid dienone is 30. The minimum absolute atomic E-state index is 0.0802. The molecular weight excluding hydrogens is 1050 g/mol. The number of aliphatic hydroxyl groups excluding tert-OH is 1. The van der Waals surface area contributed by atoms with Gasteiger partial charge in [-0.3, -0.25) is 9.59 Å². The molecule has 0 radical (unpaired) electrons. The summed E-state index contributed by atoms with van der Waals surface area (Å²) in [5.74, 6) is -0.610. The quantitative estimate of drug-likeness (QED) is 0.0373. The second-order valence-corrected chi connectivity index (χ2v) is 22.8. The lowest BCUT2D eigenvalue weighted by Crippen LogP contribution is -2.28. The molecule has 0 aliphatic carbocycles. The summed E-state index contributed by atoms with van der Waals surface area (Å²) in [4.78, 5) is 24.7. The second-order valence-electron chi connectivity index (χ2n) is 22.8. The topological polar surface area (TPSA) is 72.8 Å². The molecule has 0 saturated heterocycles. The molecule has 86 heavy (non-hydrogen) atoms. The van der Waals surface area contributed by atoms with E-state index in [4.69, 9.17) is 9.47 Å². The molecule has 0 amide bonds. The highest BCUT2D eigenvalue weighted by atomic mass is 16.6. The summed E-state index contributed by atoms with van der Waals surface area (Å²) in [6.45, 7) is 3.91. The minimum atomic E-state index is -0.794. The van der Waals surface area contributed by atoms with E-state index in [0.29, 0.717) is 12.8 Å². The SMILES string of the molecule is CC/C=C\C/C=C\C/C=C\C/C=C\C/C=C\C/C=C\C/C=C\C/C=C\C/C=C\C/C=C\CCCCCCCCC(=O)OC(CO)COC(=O)CCCCCCCCCCCCCCCCCCCCC/C=C\C/C=C\C/C=C\C/C=C\C/C=C\CC. The number of aliphatic hydroxyl groups is 1. The van der Waals surface area contributed by atoms with Crippen LogP contribution in [0.2, 0.25) is 0 Å². The normalized spacial score (nSPS) is 13.4. The zero-order chi connectivity index (χ0) is 61.9. The molecular formula is C81H130O5. The Morgan fingerprint density at radius 3 is 0.698 bits per heavy atom. The smallest absolute Gasteiger partial charge is 0.306 e. The van der Waals surface area contributed by atoms with Crippen molar-refractivity contribution in [2.24, 2.45) is 0 Å². The molecule has 1 N–H and O–H groups in total. The van der Waals surface area contributed by atoms with Crippen molar-refractivity contribution in [1.82, 2.24) is 0 Å². The summed E-state index contributed by atoms with van der Waals surface area (Å²) in [7, 11) is 0. The Morgan fingerprint density at radius 2 is 0.465 bits per heavy atom. The van der Waals surface area contributed by atoms with E-state index in [0.717, 1.165) is 141 Å². The first-order chi connectivity index (χ1) is 42.6. The van der Waals surface area contributed by atoms with Crippen LogP contribution in [0.15, 0.2) is 182 Å². The lowest BCUT2D eigenvalue weighted by atomic mass is 10.0. The van der Waals surface area contributed by atoms with Gasteiger partial charge in [-0.25, -0.2) is 0 Å². The number of rotatable bonds is 63. The predicted octanol–water partition coefficient (Wildman–Crippen LogP) is 25.0. The average Bonchev–Trinajstić information content (AvgIpc) is 3.53. The van der Waals surface area contributed by atoms with Gasteiger partial charge in [0.2, 0.25) is 0 Å². The molecule has 0 heterocycles. The van der Waals surface area contributed by atoms with E-state index in [1.54, 1.807) is 0 Å². The second kappa shape index (κ2) is 74.3. The molecule has 0 aliphatic heterocycles. The number of carbonyl (C=O) groups excluding carboxylic acids is 2. The summed E-state index contributed by atoms with van der Waals surface area (Å²) in [6.07, 6.45) is 116. The van der Waals surface area contributed by atoms with Crippen LogP contribution >= 0.6 is 0 Å². The van der Waals surface area contributed by atoms with Gasteiger partial charge < -0.3 is 14.6 Å². The van der Waals surface area contributed by atoms with Gasteiger partial charge in [0.05, 0.1) is 6.61 Å². The van der Waals surface area contributed by atoms with E-state index in [-0.39, 0.29) is 25.2 Å². The molecule has 5 nitrogen and oxygen atoms in total. The fourth-order valence-corrected chi connectivity index (χ4v) is 9.49. The van der Waals surface area contributed by atoms with E-state index in [2.05, 4.69) is 196 Å². The fourth-order valence-electron chi connectivity index (χ4n) is 9.49. The van der Waals surface area contributed by atoms with Gasteiger partial charge in [0, 0.05) is 12.8 Å². The van der Waals surface area contributed by atoms with Crippen LogP contribution in [-0.2, 0) is 19.1 Å². The van der Waals surface area contributed by atoms with Crippen LogP contribution < -0.4 is 0 Å². The zero-order valence-corrected chi connectivity index (χ0v) is 55.5. The van der Waals surface area contributed by atoms with E-state index in [1.165, 1.54) is 128 Å². The number of ether oxygens (including phenoxy) is 2. The number of hydrogen-bond donors (Lipinski definition) is 1. The minimum Gasteiger partial charge on any atom is -0.462 e. The summed E-state index contributed by atoms with van der Waals surface area (Å²) >= 11 is 0. The first kappa shape index (κ1) is 81.0. The van der Waals surface area contributed by atoms with Crippen LogP contribution in [-0.4, -0.2) is 36.4 Å². The standard InChI is InChI=1S/C81H130O5/c1-3-5-7-9-11-13-15-17-19-21-23-25-27-29-31-33-35-37-39-40-42-44-46-48-50-52-54-56-58-60-62-64-66-68-70-72-74-76-81(84)86-79(77-82)78-85-80(83)75-73-71-69-67-65-63-61-59-57-55-53-51-49-47-45-43-41-38-36-34-32-30-28-26-24-22-20-18-16-14-12-10-8-6-4-2/h5-8,11-14,17-20,23-26,29-32,35,37,40,42,46,48,52,54,58,60,79,82H,3-4,9-10,15-16,21-22,27-28,33-34,36,38-39,41,43-45,47,49-51,53,55-57,59,61-78H2,1-2H3/b7-5-,8-6-,13-11-,14-12-,19-17-,20-18-,25-23-,26-24-,31-29-,32-30-,37-35-,42-40-,48-46-,54-52-,60-58-. The highest BCUT2D eigenvalue weighted by Crippen LogP contribution is 2.16. The molecule has 0 aromatic heterocycles. The zero-order valence-electron chi connectivity index (χ0n) is 55.5. The van der Waals surface area contributed by atoms with Gasteiger partial charge in [0.1, 0.15) is 6.61 Å². The Labute approximate surface area is 531 Å². The Kier molecular flexibility index (Phi) is 69.9. The van der Waals surface area contributed by atoms with E-state index >= 15 is 0 Å². The third-order valence-electron chi connectivity index (χ3n) is 14.7. The lowest BCUT2D eigenvalue weighted by Gasteiger charge is -2.15. The highest BCUT2D eigenvalue weighted by molar-refractivity contribution is 5.70. The Bertz CT molecular complexity index is 1920. The van der Waals surface area contributed by atoms with Gasteiger partial charge in [0.15, 0.2) is 6.10 Å². The molecule has 0 fully saturated rings. The maximum atomic E-state index is 12.4. The third-order valence-corrected chi connectivity index (χ3v) is 14.7. The van der Waals surface area contributed by atoms with Gasteiger partial charge in [0.25, 0.3) is 0 Å². The van der Waals surface area contributed by atoms with Crippen molar-refractivity contribution in [3.63, 3.8) is 0 Å². The van der Waals surface area contributed by atoms with Gasteiger partial charge in [-0.2, -0.15) is 0 Å². The number of unbranched alkanes of at least 4 members (excludes halogenated alkanes) is 25. The van der Waals surface area contributed by atoms with Crippen molar-refractivity contribution in [2.45, 2.75) is 302 Å². The van der Waals surface area contributed by atoms with Crippen LogP contribution in [0.5, 0.6) is 0 Å². The van der Waals surface area contributed by atoms with Crippen LogP contribution in [0, 0.1) is 0 Å². The van der Waals surface area contributed by atoms with Crippen LogP contribution in [0.25, 0.3) is 0 Å². The molecule has 0 aromatic rings. The van der Waals surface area contributed by atoms with Crippen LogP contribution in [0.3, 0.4) is 0 Å². The molecule has 1 atom stereocenters. The van der Waals surface area contributed by atoms with Crippen LogP contribution in [0.4, 0.5) is 0 Å². The van der Waals surface area contributed by atoms with E-state index in [1.807, 2.05) is 0 Å². The van der Waals surface area contributed by atoms with Crippen molar-refractivity contribution in [1.29, 1.82) is 0 Å². The average molecular weight is 1180 g/mol. The summed E-state index contributed by atoms with van der Waals surface area (Å²) in [5, 5.41) is 9.71. The van der Waals surface area contributed by atoms with E-state index < -0.39 is 6.10 Å². The van der Waals surface area contributed by atoms with Crippen molar-refractivity contribution in [2.75, 3.05) is 13.2 Å². The molecule has 5 heteroatoms. The Morgan fingerprint density at radius 1 is 0.267 bits per heavy atom. The number of esters is 2. The molecule has 0 aliphatic rings. The fraction of sp³-hybridized carbons (Fsp3) is 0.605. The number of carbonyl (C=O) groups is 2. The molecule has 484 valence electrons. The Hall–Kier alpha value is -5.00. The monoisotopic (exact) mass is 1180 g/mol. The van der Waals surface area contributed by atoms with Gasteiger partial charge in [-0.05, 0) is 135 Å². The molecule has 0 bridgehead atoms. The summed E-state index contributed by atoms with van der Waals surface area (Å²) in [5.41, 5.74) is 0. The Balaban J connectivity index is 3.56. The predicted molar refractivity (Wildman–Crippen MR) is 380 cm³/mol. The van der Waals surface area contributed by atoms with Crippen LogP contribution in [0.1, 0.15) is 296 Å². The third kappa shape index (κ3) is 71.5. The van der Waals surface area contributed by atoms with Gasteiger partial charge in [-0.15, -0.1) is 0 Å². The molecule has 1 unspecified atom stereocenters. The molecule has 0 spiro atoms. The van der Waals surface area contributed by atoms with Gasteiger partial charge >= 0.3 is 11.9 Å². The number of hydrogen-bond acceptors (Lipinski definition) is 5. The van der Waals surface area contributed by atoms with E-state index in [9.17, 15) is 14.7 Å². The lowest BCUT2D eigenvalue weighted by molar-refractivity contribution is -0.161. The maximum absolute atomic E-state index is 12.4. The largest absolute Gasteiger partial charge is 0.462 e. The van der Waals surface area contributed by atoms with Crippen molar-refractivity contribution in [3.05, 3.63) is 182 Å². The highest BCUT2D eigenvalue weighted by Gasteiger charge is 2.16. The van der Waals surface area contributed by atoms with Gasteiger partial charge in [-0.1, -0.05) is 331 Å². The summed E-state index contributed by atoms with van der Waals surface area (Å²) in [6, 6.07) is 0. The first-order valence-corrected chi connectivity index (χ1v) is 35.3. The summed E-state index contributed by atoms with van der Waals surface area (Å²) < 4.78 is 10.7. The maximum Gasteiger partial charge on any atom is 0.306 e. The van der Waals surface area contributed by atoms with Crippen molar-refractivity contribution >= 4 is 11.9 Å².